The number of hydrogen-bond donors (Lipinski definition) is 0. The smallest absolute Gasteiger partial charge is 0 e. The standard InChI is InChI=1S/La.Li.H2O.Zr/h;;1H2;. The molecular formula is H2LaLiOZr. The number of rotatable bonds is 0. The topological polar surface area (TPSA) is 31.5 Å². The van der Waals surface area contributed by atoms with E-state index in [1.165, 1.54) is 0 Å². The Labute approximate surface area is 84.5 Å². The summed E-state index contributed by atoms with van der Waals surface area (Å²) in [5.41, 5.74) is 0. The molecule has 2 N–H and O–H groups in total. The zero-order valence-electron chi connectivity index (χ0n) is 2.58. The van der Waals surface area contributed by atoms with Gasteiger partial charge in [-0.1, -0.05) is 0 Å². The van der Waals surface area contributed by atoms with Crippen LogP contribution < -0.4 is 0 Å². The molecule has 0 aromatic carbocycles. The van der Waals surface area contributed by atoms with E-state index < -0.39 is 0 Å². The average Bonchev–Trinajstić information content (AvgIpc) is 0. The summed E-state index contributed by atoms with van der Waals surface area (Å²) in [6.45, 7) is 0. The van der Waals surface area contributed by atoms with E-state index in [2.05, 4.69) is 0 Å². The third-order valence-corrected chi connectivity index (χ3v) is 0. The van der Waals surface area contributed by atoms with E-state index in [0.717, 1.165) is 0 Å². The molecule has 0 atom stereocenters. The van der Waals surface area contributed by atoms with Gasteiger partial charge < -0.3 is 5.48 Å². The van der Waals surface area contributed by atoms with Crippen molar-refractivity contribution in [2.45, 2.75) is 0 Å². The molecule has 0 saturated heterocycles. The maximum atomic E-state index is 0. The largest absolute Gasteiger partial charge is 0.412 e. The maximum absolute atomic E-state index is 0. The van der Waals surface area contributed by atoms with E-state index in [1.807, 2.05) is 0 Å². The fraction of sp³-hybridized carbons (Fsp3) is 0. The quantitative estimate of drug-likeness (QED) is 0.487. The van der Waals surface area contributed by atoms with E-state index in [-0.39, 0.29) is 86.1 Å². The Balaban J connectivity index is 0. The molecule has 0 heterocycles. The van der Waals surface area contributed by atoms with Gasteiger partial charge in [-0.2, -0.15) is 0 Å². The van der Waals surface area contributed by atoms with E-state index in [1.54, 1.807) is 0 Å². The molecule has 0 rings (SSSR count). The molecule has 0 spiro atoms. The zero-order chi connectivity index (χ0) is 0. The van der Waals surface area contributed by atoms with E-state index in [9.17, 15) is 0 Å². The molecule has 1 nitrogen and oxygen atoms in total. The first-order valence-electron chi connectivity index (χ1n) is 0. The average molecular weight is 255 g/mol. The predicted molar refractivity (Wildman–Crippen MR) is 9.37 cm³/mol. The number of hydrogen-bond acceptors (Lipinski definition) is 0. The molecular weight excluding hydrogens is 253 g/mol. The monoisotopic (exact) mass is 254 g/mol. The van der Waals surface area contributed by atoms with Crippen LogP contribution in [0.2, 0.25) is 0 Å². The van der Waals surface area contributed by atoms with Crippen molar-refractivity contribution in [3.63, 3.8) is 0 Å². The molecule has 4 heavy (non-hydrogen) atoms. The summed E-state index contributed by atoms with van der Waals surface area (Å²) in [6, 6.07) is 0. The van der Waals surface area contributed by atoms with Crippen LogP contribution in [0.5, 0.6) is 0 Å². The summed E-state index contributed by atoms with van der Waals surface area (Å²) in [4.78, 5) is 0. The molecule has 16 valence electrons. The summed E-state index contributed by atoms with van der Waals surface area (Å²) in [5.74, 6) is 0. The van der Waals surface area contributed by atoms with Crippen molar-refractivity contribution in [2.75, 3.05) is 0 Å². The van der Waals surface area contributed by atoms with Crippen LogP contribution in [0.3, 0.4) is 0 Å². The summed E-state index contributed by atoms with van der Waals surface area (Å²) in [7, 11) is 0. The summed E-state index contributed by atoms with van der Waals surface area (Å²) >= 11 is 0. The van der Waals surface area contributed by atoms with Crippen molar-refractivity contribution in [2.24, 2.45) is 0 Å². The third-order valence-electron chi connectivity index (χ3n) is 0. The molecule has 0 unspecified atom stereocenters. The van der Waals surface area contributed by atoms with Gasteiger partial charge in [0.25, 0.3) is 0 Å². The van der Waals surface area contributed by atoms with Crippen LogP contribution in [0.15, 0.2) is 0 Å². The first kappa shape index (κ1) is 30.3. The van der Waals surface area contributed by atoms with Gasteiger partial charge in [-0.3, -0.25) is 0 Å². The van der Waals surface area contributed by atoms with Crippen LogP contribution >= 0.6 is 0 Å². The van der Waals surface area contributed by atoms with Crippen LogP contribution in [0.25, 0.3) is 0 Å². The minimum atomic E-state index is 0. The van der Waals surface area contributed by atoms with Crippen LogP contribution in [0, 0.1) is 35.6 Å². The van der Waals surface area contributed by atoms with Crippen molar-refractivity contribution in [1.82, 2.24) is 0 Å². The Morgan fingerprint density at radius 2 is 1.00 bits per heavy atom. The van der Waals surface area contributed by atoms with Crippen molar-refractivity contribution >= 4 is 18.9 Å². The van der Waals surface area contributed by atoms with E-state index in [4.69, 9.17) is 0 Å². The molecule has 0 aliphatic carbocycles. The SMILES string of the molecule is O.[La].[Li].[Zr]. The molecule has 0 aromatic rings. The summed E-state index contributed by atoms with van der Waals surface area (Å²) < 4.78 is 0. The van der Waals surface area contributed by atoms with Crippen LogP contribution in [0.1, 0.15) is 0 Å². The van der Waals surface area contributed by atoms with Gasteiger partial charge in [0.15, 0.2) is 0 Å². The third kappa shape index (κ3) is 8.82. The first-order valence-corrected chi connectivity index (χ1v) is 0. The van der Waals surface area contributed by atoms with Crippen LogP contribution in [-0.2, 0) is 26.2 Å². The van der Waals surface area contributed by atoms with Crippen molar-refractivity contribution in [3.8, 4) is 0 Å². The molecule has 0 aliphatic heterocycles. The Morgan fingerprint density at radius 3 is 1.00 bits per heavy atom. The van der Waals surface area contributed by atoms with Gasteiger partial charge in [-0.15, -0.1) is 0 Å². The van der Waals surface area contributed by atoms with Crippen LogP contribution in [0.4, 0.5) is 0 Å². The summed E-state index contributed by atoms with van der Waals surface area (Å²) in [5, 5.41) is 0. The van der Waals surface area contributed by atoms with E-state index in [0.29, 0.717) is 0 Å². The van der Waals surface area contributed by atoms with Gasteiger partial charge in [0.2, 0.25) is 0 Å². The maximum Gasteiger partial charge on any atom is 0 e. The Bertz CT molecular complexity index is 8.00. The second kappa shape index (κ2) is 17.4. The van der Waals surface area contributed by atoms with Gasteiger partial charge in [-0.05, 0) is 0 Å². The van der Waals surface area contributed by atoms with Gasteiger partial charge in [0.1, 0.15) is 0 Å². The Morgan fingerprint density at radius 1 is 1.00 bits per heavy atom. The Hall–Kier alpha value is 2.64. The normalized spacial score (nSPS) is 0. The van der Waals surface area contributed by atoms with Crippen molar-refractivity contribution < 1.29 is 67.3 Å². The second-order valence-electron chi connectivity index (χ2n) is 0. The van der Waals surface area contributed by atoms with Crippen molar-refractivity contribution in [1.29, 1.82) is 0 Å². The van der Waals surface area contributed by atoms with Crippen molar-refractivity contribution in [3.05, 3.63) is 0 Å². The first-order chi connectivity index (χ1) is 0. The fourth-order valence-electron chi connectivity index (χ4n) is 0. The minimum Gasteiger partial charge on any atom is -0.412 e. The molecule has 0 saturated carbocycles. The molecule has 0 amide bonds. The minimum absolute atomic E-state index is 0. The second-order valence-corrected chi connectivity index (χ2v) is 0. The molecule has 0 fully saturated rings. The molecule has 4 heteroatoms. The van der Waals surface area contributed by atoms with Gasteiger partial charge >= 0.3 is 0 Å². The molecule has 0 aromatic heterocycles. The van der Waals surface area contributed by atoms with Gasteiger partial charge in [-0.25, -0.2) is 0 Å². The zero-order valence-corrected chi connectivity index (χ0v) is 8.66. The fourth-order valence-corrected chi connectivity index (χ4v) is 0. The Kier molecular flexibility index (Phi) is 132. The van der Waals surface area contributed by atoms with Gasteiger partial charge in [0, 0.05) is 80.7 Å². The molecule has 2 radical (unpaired) electrons. The molecule has 0 aliphatic rings. The van der Waals surface area contributed by atoms with Gasteiger partial charge in [0.05, 0.1) is 0 Å². The van der Waals surface area contributed by atoms with Crippen LogP contribution in [-0.4, -0.2) is 24.3 Å². The predicted octanol–water partition coefficient (Wildman–Crippen LogP) is -1.21. The summed E-state index contributed by atoms with van der Waals surface area (Å²) in [6.07, 6.45) is 0. The molecule has 0 bridgehead atoms. The van der Waals surface area contributed by atoms with E-state index >= 15 is 0 Å².